The molecule has 0 aromatic heterocycles. The maximum atomic E-state index is 12.3. The van der Waals surface area contributed by atoms with E-state index in [2.05, 4.69) is 0 Å². The summed E-state index contributed by atoms with van der Waals surface area (Å²) >= 11 is 0. The zero-order valence-electron chi connectivity index (χ0n) is 14.6. The van der Waals surface area contributed by atoms with Crippen molar-refractivity contribution in [3.8, 4) is 0 Å². The van der Waals surface area contributed by atoms with Crippen LogP contribution in [0.4, 0.5) is 4.79 Å². The Bertz CT molecular complexity index is 517. The van der Waals surface area contributed by atoms with Crippen molar-refractivity contribution in [2.45, 2.75) is 13.3 Å². The molecule has 0 N–H and O–H groups in total. The highest BCUT2D eigenvalue weighted by Gasteiger charge is 2.27. The van der Waals surface area contributed by atoms with Crippen LogP contribution >= 0.6 is 0 Å². The first-order chi connectivity index (χ1) is 11.3. The van der Waals surface area contributed by atoms with E-state index in [0.717, 1.165) is 10.6 Å². The van der Waals surface area contributed by atoms with Crippen LogP contribution in [0.1, 0.15) is 13.3 Å². The molecule has 1 saturated heterocycles. The van der Waals surface area contributed by atoms with Crippen molar-refractivity contribution < 1.29 is 27.5 Å². The normalized spacial score (nSPS) is 15.7. The second kappa shape index (κ2) is 9.80. The summed E-state index contributed by atoms with van der Waals surface area (Å²) in [6, 6.07) is 0. The molecular formula is C14H27N3O6S. The van der Waals surface area contributed by atoms with Gasteiger partial charge in [0.25, 0.3) is 0 Å². The Morgan fingerprint density at radius 3 is 2.21 bits per heavy atom. The van der Waals surface area contributed by atoms with Crippen LogP contribution in [0, 0.1) is 0 Å². The Hall–Kier alpha value is -1.39. The highest BCUT2D eigenvalue weighted by molar-refractivity contribution is 7.88. The Kier molecular flexibility index (Phi) is 8.43. The van der Waals surface area contributed by atoms with Crippen LogP contribution in [0.5, 0.6) is 0 Å². The van der Waals surface area contributed by atoms with Gasteiger partial charge in [-0.05, 0) is 13.3 Å². The van der Waals surface area contributed by atoms with E-state index in [0.29, 0.717) is 45.8 Å². The van der Waals surface area contributed by atoms with Crippen LogP contribution in [-0.4, -0.2) is 100 Å². The van der Waals surface area contributed by atoms with Crippen molar-refractivity contribution in [3.63, 3.8) is 0 Å². The average Bonchev–Trinajstić information content (AvgIpc) is 2.53. The van der Waals surface area contributed by atoms with E-state index < -0.39 is 10.0 Å². The standard InChI is InChI=1S/C14H27N3O6S/c1-4-23-14(19)16-9-7-15(8-10-16)13(18)12-17(24(3,20)21)6-5-11-22-2/h4-12H2,1-3H3. The lowest BCUT2D eigenvalue weighted by atomic mass is 10.3. The number of amides is 2. The lowest BCUT2D eigenvalue weighted by Crippen LogP contribution is -2.53. The molecule has 9 nitrogen and oxygen atoms in total. The zero-order valence-corrected chi connectivity index (χ0v) is 15.4. The highest BCUT2D eigenvalue weighted by Crippen LogP contribution is 2.07. The molecule has 0 aromatic rings. The molecule has 0 aromatic carbocycles. The monoisotopic (exact) mass is 365 g/mol. The van der Waals surface area contributed by atoms with Crippen molar-refractivity contribution in [1.82, 2.24) is 14.1 Å². The molecule has 1 rings (SSSR count). The van der Waals surface area contributed by atoms with E-state index in [1.807, 2.05) is 0 Å². The van der Waals surface area contributed by atoms with Gasteiger partial charge < -0.3 is 19.3 Å². The summed E-state index contributed by atoms with van der Waals surface area (Å²) in [5, 5.41) is 0. The number of sulfonamides is 1. The molecule has 0 atom stereocenters. The SMILES string of the molecule is CCOC(=O)N1CCN(C(=O)CN(CCCOC)S(C)(=O)=O)CC1. The van der Waals surface area contributed by atoms with Gasteiger partial charge in [-0.15, -0.1) is 0 Å². The van der Waals surface area contributed by atoms with Crippen LogP contribution < -0.4 is 0 Å². The Morgan fingerprint density at radius 2 is 1.71 bits per heavy atom. The quantitative estimate of drug-likeness (QED) is 0.542. The lowest BCUT2D eigenvalue weighted by Gasteiger charge is -2.35. The van der Waals surface area contributed by atoms with E-state index in [9.17, 15) is 18.0 Å². The van der Waals surface area contributed by atoms with Crippen LogP contribution in [0.3, 0.4) is 0 Å². The second-order valence-corrected chi connectivity index (χ2v) is 7.49. The Labute approximate surface area is 143 Å². The van der Waals surface area contributed by atoms with Gasteiger partial charge in [0.2, 0.25) is 15.9 Å². The van der Waals surface area contributed by atoms with Gasteiger partial charge in [-0.1, -0.05) is 0 Å². The van der Waals surface area contributed by atoms with Crippen LogP contribution in [0.25, 0.3) is 0 Å². The number of hydrogen-bond acceptors (Lipinski definition) is 6. The first-order valence-electron chi connectivity index (χ1n) is 7.93. The van der Waals surface area contributed by atoms with E-state index in [1.54, 1.807) is 23.8 Å². The van der Waals surface area contributed by atoms with Gasteiger partial charge in [-0.2, -0.15) is 4.31 Å². The molecule has 140 valence electrons. The molecular weight excluding hydrogens is 338 g/mol. The third-order valence-electron chi connectivity index (χ3n) is 3.69. The van der Waals surface area contributed by atoms with Gasteiger partial charge in [-0.3, -0.25) is 4.79 Å². The number of piperazine rings is 1. The number of rotatable bonds is 8. The topological polar surface area (TPSA) is 96.5 Å². The summed E-state index contributed by atoms with van der Waals surface area (Å²) < 4.78 is 34.6. The van der Waals surface area contributed by atoms with Gasteiger partial charge in [0, 0.05) is 46.4 Å². The predicted molar refractivity (Wildman–Crippen MR) is 88.1 cm³/mol. The number of ether oxygens (including phenoxy) is 2. The fraction of sp³-hybridized carbons (Fsp3) is 0.857. The number of carbonyl (C=O) groups is 2. The lowest BCUT2D eigenvalue weighted by molar-refractivity contribution is -0.133. The van der Waals surface area contributed by atoms with Crippen molar-refractivity contribution >= 4 is 22.0 Å². The second-order valence-electron chi connectivity index (χ2n) is 5.51. The van der Waals surface area contributed by atoms with Crippen molar-refractivity contribution in [3.05, 3.63) is 0 Å². The zero-order chi connectivity index (χ0) is 18.2. The summed E-state index contributed by atoms with van der Waals surface area (Å²) in [6.45, 7) is 4.02. The predicted octanol–water partition coefficient (Wildman–Crippen LogP) is -0.415. The van der Waals surface area contributed by atoms with Gasteiger partial charge in [0.1, 0.15) is 0 Å². The first kappa shape index (κ1) is 20.7. The molecule has 1 aliphatic heterocycles. The largest absolute Gasteiger partial charge is 0.450 e. The minimum Gasteiger partial charge on any atom is -0.450 e. The molecule has 0 radical (unpaired) electrons. The van der Waals surface area contributed by atoms with E-state index in [4.69, 9.17) is 9.47 Å². The Morgan fingerprint density at radius 1 is 1.12 bits per heavy atom. The maximum absolute atomic E-state index is 12.3. The third-order valence-corrected chi connectivity index (χ3v) is 4.94. The summed E-state index contributed by atoms with van der Waals surface area (Å²) in [6.07, 6.45) is 1.22. The van der Waals surface area contributed by atoms with Crippen LogP contribution in [-0.2, 0) is 24.3 Å². The van der Waals surface area contributed by atoms with E-state index in [-0.39, 0.29) is 25.1 Å². The minimum absolute atomic E-state index is 0.193. The average molecular weight is 365 g/mol. The summed E-state index contributed by atoms with van der Waals surface area (Å²) in [7, 11) is -1.92. The van der Waals surface area contributed by atoms with Crippen molar-refractivity contribution in [1.29, 1.82) is 0 Å². The third kappa shape index (κ3) is 6.62. The molecule has 1 aliphatic rings. The van der Waals surface area contributed by atoms with Crippen molar-refractivity contribution in [2.24, 2.45) is 0 Å². The molecule has 10 heteroatoms. The number of carbonyl (C=O) groups excluding carboxylic acids is 2. The molecule has 0 saturated carbocycles. The van der Waals surface area contributed by atoms with Gasteiger partial charge >= 0.3 is 6.09 Å². The van der Waals surface area contributed by atoms with Crippen LogP contribution in [0.15, 0.2) is 0 Å². The van der Waals surface area contributed by atoms with Gasteiger partial charge in [-0.25, -0.2) is 13.2 Å². The van der Waals surface area contributed by atoms with Gasteiger partial charge in [0.15, 0.2) is 0 Å². The molecule has 1 fully saturated rings. The molecule has 2 amide bonds. The molecule has 0 unspecified atom stereocenters. The number of nitrogens with zero attached hydrogens (tertiary/aromatic N) is 3. The van der Waals surface area contributed by atoms with E-state index in [1.165, 1.54) is 0 Å². The first-order valence-corrected chi connectivity index (χ1v) is 9.78. The summed E-state index contributed by atoms with van der Waals surface area (Å²) in [5.74, 6) is -0.263. The molecule has 0 bridgehead atoms. The number of hydrogen-bond donors (Lipinski definition) is 0. The number of methoxy groups -OCH3 is 1. The maximum Gasteiger partial charge on any atom is 0.409 e. The van der Waals surface area contributed by atoms with E-state index >= 15 is 0 Å². The highest BCUT2D eigenvalue weighted by atomic mass is 32.2. The van der Waals surface area contributed by atoms with Crippen LogP contribution in [0.2, 0.25) is 0 Å². The Balaban J connectivity index is 2.52. The fourth-order valence-electron chi connectivity index (χ4n) is 2.35. The summed E-state index contributed by atoms with van der Waals surface area (Å²) in [4.78, 5) is 27.1. The molecule has 0 spiro atoms. The molecule has 1 heterocycles. The van der Waals surface area contributed by atoms with Gasteiger partial charge in [0.05, 0.1) is 19.4 Å². The smallest absolute Gasteiger partial charge is 0.409 e. The fourth-order valence-corrected chi connectivity index (χ4v) is 3.16. The molecule has 0 aliphatic carbocycles. The minimum atomic E-state index is -3.46. The molecule has 24 heavy (non-hydrogen) atoms. The summed E-state index contributed by atoms with van der Waals surface area (Å²) in [5.41, 5.74) is 0. The van der Waals surface area contributed by atoms with Crippen molar-refractivity contribution in [2.75, 3.05) is 65.8 Å².